The molecule has 0 radical (unpaired) electrons. The summed E-state index contributed by atoms with van der Waals surface area (Å²) in [7, 11) is 0. The summed E-state index contributed by atoms with van der Waals surface area (Å²) in [5.41, 5.74) is 3.94. The average Bonchev–Trinajstić information content (AvgIpc) is 2.59. The predicted molar refractivity (Wildman–Crippen MR) is 101 cm³/mol. The van der Waals surface area contributed by atoms with Crippen molar-refractivity contribution in [2.45, 2.75) is 50.3 Å². The molecule has 0 aliphatic heterocycles. The topological polar surface area (TPSA) is 32.6 Å². The van der Waals surface area contributed by atoms with Gasteiger partial charge in [0, 0.05) is 10.5 Å². The van der Waals surface area contributed by atoms with Gasteiger partial charge in [-0.25, -0.2) is 0 Å². The van der Waals surface area contributed by atoms with Gasteiger partial charge in [0.15, 0.2) is 0 Å². The lowest BCUT2D eigenvalue weighted by atomic mass is 9.99. The lowest BCUT2D eigenvalue weighted by Gasteiger charge is -2.10. The summed E-state index contributed by atoms with van der Waals surface area (Å²) in [6.07, 6.45) is 6.77. The second-order valence-electron chi connectivity index (χ2n) is 5.81. The van der Waals surface area contributed by atoms with Crippen molar-refractivity contribution < 1.29 is 5.21 Å². The third kappa shape index (κ3) is 5.14. The normalized spacial score (nSPS) is 11.7. The van der Waals surface area contributed by atoms with Crippen LogP contribution >= 0.6 is 12.6 Å². The van der Waals surface area contributed by atoms with Gasteiger partial charge in [0.2, 0.25) is 0 Å². The van der Waals surface area contributed by atoms with Gasteiger partial charge < -0.3 is 5.21 Å². The third-order valence-electron chi connectivity index (χ3n) is 4.05. The molecule has 0 amide bonds. The Morgan fingerprint density at radius 2 is 1.70 bits per heavy atom. The van der Waals surface area contributed by atoms with Crippen LogP contribution in [0.1, 0.15) is 51.0 Å². The van der Waals surface area contributed by atoms with Crippen molar-refractivity contribution in [1.29, 1.82) is 0 Å². The molecule has 0 aliphatic rings. The highest BCUT2D eigenvalue weighted by molar-refractivity contribution is 7.80. The van der Waals surface area contributed by atoms with E-state index in [9.17, 15) is 5.21 Å². The Bertz CT molecular complexity index is 637. The van der Waals surface area contributed by atoms with Crippen LogP contribution in [0, 0.1) is 0 Å². The number of oxime groups is 1. The van der Waals surface area contributed by atoms with E-state index in [0.29, 0.717) is 0 Å². The largest absolute Gasteiger partial charge is 0.411 e. The van der Waals surface area contributed by atoms with Crippen LogP contribution < -0.4 is 0 Å². The first-order valence-corrected chi connectivity index (χ1v) is 8.80. The number of thiol groups is 1. The maximum Gasteiger partial charge on any atom is 0.0878 e. The van der Waals surface area contributed by atoms with Crippen LogP contribution in [0.2, 0.25) is 0 Å². The van der Waals surface area contributed by atoms with Crippen molar-refractivity contribution in [2.24, 2.45) is 5.16 Å². The van der Waals surface area contributed by atoms with Gasteiger partial charge >= 0.3 is 0 Å². The van der Waals surface area contributed by atoms with E-state index < -0.39 is 0 Å². The first kappa shape index (κ1) is 17.6. The van der Waals surface area contributed by atoms with Gasteiger partial charge in [-0.2, -0.15) is 0 Å². The van der Waals surface area contributed by atoms with E-state index in [1.165, 1.54) is 25.7 Å². The SMILES string of the molecule is CCCCCCCC(=NO)c1ccc(-c2ccccc2)cc1S. The highest BCUT2D eigenvalue weighted by Gasteiger charge is 2.10. The fourth-order valence-corrected chi connectivity index (χ4v) is 3.06. The Morgan fingerprint density at radius 3 is 2.35 bits per heavy atom. The van der Waals surface area contributed by atoms with Crippen LogP contribution in [0.25, 0.3) is 11.1 Å². The zero-order valence-corrected chi connectivity index (χ0v) is 14.6. The Morgan fingerprint density at radius 1 is 0.957 bits per heavy atom. The number of benzene rings is 2. The van der Waals surface area contributed by atoms with E-state index in [1.54, 1.807) is 0 Å². The first-order chi connectivity index (χ1) is 11.3. The predicted octanol–water partition coefficient (Wildman–Crippen LogP) is 6.18. The van der Waals surface area contributed by atoms with Crippen molar-refractivity contribution in [3.05, 3.63) is 54.1 Å². The summed E-state index contributed by atoms with van der Waals surface area (Å²) in [6.45, 7) is 2.21. The minimum Gasteiger partial charge on any atom is -0.411 e. The molecule has 0 atom stereocenters. The molecule has 0 bridgehead atoms. The zero-order chi connectivity index (χ0) is 16.5. The molecule has 2 aromatic rings. The molecular weight excluding hydrogens is 302 g/mol. The number of unbranched alkanes of at least 4 members (excludes halogenated alkanes) is 4. The molecule has 2 aromatic carbocycles. The van der Waals surface area contributed by atoms with E-state index in [1.807, 2.05) is 30.3 Å². The highest BCUT2D eigenvalue weighted by atomic mass is 32.1. The quantitative estimate of drug-likeness (QED) is 0.196. The van der Waals surface area contributed by atoms with Crippen molar-refractivity contribution in [3.63, 3.8) is 0 Å². The van der Waals surface area contributed by atoms with Crippen LogP contribution in [0.3, 0.4) is 0 Å². The molecule has 2 rings (SSSR count). The molecule has 0 fully saturated rings. The molecule has 0 heterocycles. The Kier molecular flexibility index (Phi) is 7.21. The number of hydrogen-bond acceptors (Lipinski definition) is 3. The molecule has 0 spiro atoms. The lowest BCUT2D eigenvalue weighted by molar-refractivity contribution is 0.317. The smallest absolute Gasteiger partial charge is 0.0878 e. The summed E-state index contributed by atoms with van der Waals surface area (Å²) in [5, 5.41) is 12.9. The van der Waals surface area contributed by atoms with Crippen LogP contribution in [0.15, 0.2) is 58.6 Å². The molecule has 0 aliphatic carbocycles. The van der Waals surface area contributed by atoms with Crippen molar-refractivity contribution in [1.82, 2.24) is 0 Å². The van der Waals surface area contributed by atoms with Gasteiger partial charge in [0.1, 0.15) is 0 Å². The van der Waals surface area contributed by atoms with Crippen molar-refractivity contribution >= 4 is 18.3 Å². The van der Waals surface area contributed by atoms with Gasteiger partial charge in [-0.3, -0.25) is 0 Å². The number of hydrogen-bond donors (Lipinski definition) is 2. The fourth-order valence-electron chi connectivity index (χ4n) is 2.72. The van der Waals surface area contributed by atoms with Gasteiger partial charge in [0.05, 0.1) is 5.71 Å². The summed E-state index contributed by atoms with van der Waals surface area (Å²) in [5.74, 6) is 0. The average molecular weight is 327 g/mol. The molecule has 0 saturated heterocycles. The molecule has 0 aromatic heterocycles. The maximum absolute atomic E-state index is 9.35. The maximum atomic E-state index is 9.35. The molecule has 0 saturated carbocycles. The van der Waals surface area contributed by atoms with Crippen LogP contribution in [0.5, 0.6) is 0 Å². The summed E-state index contributed by atoms with van der Waals surface area (Å²) < 4.78 is 0. The van der Waals surface area contributed by atoms with Gasteiger partial charge in [0.25, 0.3) is 0 Å². The Hall–Kier alpha value is -1.74. The Labute approximate surface area is 144 Å². The minimum atomic E-state index is 0.728. The standard InChI is InChI=1S/C20H25NOS/c1-2-3-4-5-9-12-19(21-22)18-14-13-17(15-20(18)23)16-10-7-6-8-11-16/h6-8,10-11,13-15,22-23H,2-5,9,12H2,1H3. The number of rotatable bonds is 8. The van der Waals surface area contributed by atoms with E-state index >= 15 is 0 Å². The van der Waals surface area contributed by atoms with Gasteiger partial charge in [-0.1, -0.05) is 80.2 Å². The van der Waals surface area contributed by atoms with Gasteiger partial charge in [-0.15, -0.1) is 12.6 Å². The molecule has 23 heavy (non-hydrogen) atoms. The molecule has 122 valence electrons. The molecule has 2 nitrogen and oxygen atoms in total. The van der Waals surface area contributed by atoms with Crippen molar-refractivity contribution in [2.75, 3.05) is 0 Å². The molecule has 0 unspecified atom stereocenters. The summed E-state index contributed by atoms with van der Waals surface area (Å²) in [4.78, 5) is 0.854. The van der Waals surface area contributed by atoms with E-state index in [0.717, 1.165) is 40.1 Å². The lowest BCUT2D eigenvalue weighted by Crippen LogP contribution is -2.03. The second-order valence-corrected chi connectivity index (χ2v) is 6.29. The third-order valence-corrected chi connectivity index (χ3v) is 4.42. The second kappa shape index (κ2) is 9.41. The highest BCUT2D eigenvalue weighted by Crippen LogP contribution is 2.26. The fraction of sp³-hybridized carbons (Fsp3) is 0.350. The van der Waals surface area contributed by atoms with E-state index in [2.05, 4.69) is 42.9 Å². The minimum absolute atomic E-state index is 0.728. The van der Waals surface area contributed by atoms with E-state index in [4.69, 9.17) is 0 Å². The van der Waals surface area contributed by atoms with E-state index in [-0.39, 0.29) is 0 Å². The molecular formula is C20H25NOS. The van der Waals surface area contributed by atoms with Gasteiger partial charge in [-0.05, 0) is 30.0 Å². The summed E-state index contributed by atoms with van der Waals surface area (Å²) in [6, 6.07) is 16.3. The zero-order valence-electron chi connectivity index (χ0n) is 13.7. The molecule has 1 N–H and O–H groups in total. The Balaban J connectivity index is 2.07. The molecule has 3 heteroatoms. The van der Waals surface area contributed by atoms with Crippen LogP contribution in [-0.2, 0) is 0 Å². The monoisotopic (exact) mass is 327 g/mol. The summed E-state index contributed by atoms with van der Waals surface area (Å²) >= 11 is 4.60. The number of nitrogens with zero attached hydrogens (tertiary/aromatic N) is 1. The first-order valence-electron chi connectivity index (χ1n) is 8.36. The van der Waals surface area contributed by atoms with Crippen LogP contribution in [-0.4, -0.2) is 10.9 Å². The van der Waals surface area contributed by atoms with Crippen LogP contribution in [0.4, 0.5) is 0 Å². The van der Waals surface area contributed by atoms with Crippen molar-refractivity contribution in [3.8, 4) is 11.1 Å².